The topological polar surface area (TPSA) is 34.9 Å². The number of rotatable bonds is 2. The van der Waals surface area contributed by atoms with Gasteiger partial charge in [-0.2, -0.15) is 13.2 Å². The molecule has 3 nitrogen and oxygen atoms in total. The van der Waals surface area contributed by atoms with Crippen molar-refractivity contribution < 1.29 is 26.7 Å². The Bertz CT molecular complexity index is 1340. The minimum atomic E-state index is -4.59. The highest BCUT2D eigenvalue weighted by molar-refractivity contribution is 6.04. The SMILES string of the molecule is Cc1ccc2c(c1)nc(-c1cccc(C(F)(F)F)c1C)n2C(=O)c1ccc(F)c(F)c1. The number of halogens is 5. The fraction of sp³-hybridized carbons (Fsp3) is 0.130. The van der Waals surface area contributed by atoms with E-state index in [1.807, 2.05) is 6.92 Å². The Morgan fingerprint density at radius 1 is 0.935 bits per heavy atom. The Morgan fingerprint density at radius 3 is 2.35 bits per heavy atom. The van der Waals surface area contributed by atoms with Crippen LogP contribution in [0.25, 0.3) is 22.4 Å². The summed E-state index contributed by atoms with van der Waals surface area (Å²) in [5.41, 5.74) is 0.574. The van der Waals surface area contributed by atoms with E-state index >= 15 is 0 Å². The van der Waals surface area contributed by atoms with Crippen LogP contribution in [0.3, 0.4) is 0 Å². The number of aromatic nitrogens is 2. The maximum absolute atomic E-state index is 13.7. The maximum atomic E-state index is 13.7. The van der Waals surface area contributed by atoms with Crippen molar-refractivity contribution in [1.29, 1.82) is 0 Å². The van der Waals surface area contributed by atoms with Gasteiger partial charge in [-0.15, -0.1) is 0 Å². The van der Waals surface area contributed by atoms with Gasteiger partial charge in [0.05, 0.1) is 16.6 Å². The molecule has 0 atom stereocenters. The summed E-state index contributed by atoms with van der Waals surface area (Å²) in [4.78, 5) is 17.7. The molecule has 4 rings (SSSR count). The van der Waals surface area contributed by atoms with Crippen LogP contribution in [0.1, 0.15) is 27.0 Å². The monoisotopic (exact) mass is 430 g/mol. The molecular weight excluding hydrogens is 415 g/mol. The summed E-state index contributed by atoms with van der Waals surface area (Å²) >= 11 is 0. The molecule has 8 heteroatoms. The Labute approximate surface area is 173 Å². The molecule has 0 amide bonds. The lowest BCUT2D eigenvalue weighted by atomic mass is 10.0. The van der Waals surface area contributed by atoms with E-state index in [4.69, 9.17) is 0 Å². The molecule has 1 aromatic heterocycles. The zero-order chi connectivity index (χ0) is 22.5. The van der Waals surface area contributed by atoms with Gasteiger partial charge in [0, 0.05) is 11.1 Å². The zero-order valence-electron chi connectivity index (χ0n) is 16.4. The molecule has 0 radical (unpaired) electrons. The van der Waals surface area contributed by atoms with Crippen LogP contribution in [0.15, 0.2) is 54.6 Å². The van der Waals surface area contributed by atoms with Gasteiger partial charge in [-0.25, -0.2) is 13.8 Å². The molecule has 1 heterocycles. The molecular formula is C23H15F5N2O. The quantitative estimate of drug-likeness (QED) is 0.350. The third kappa shape index (κ3) is 3.58. The van der Waals surface area contributed by atoms with Gasteiger partial charge in [0.2, 0.25) is 0 Å². The lowest BCUT2D eigenvalue weighted by Crippen LogP contribution is -2.15. The van der Waals surface area contributed by atoms with Crippen LogP contribution < -0.4 is 0 Å². The van der Waals surface area contributed by atoms with E-state index in [1.165, 1.54) is 19.1 Å². The van der Waals surface area contributed by atoms with E-state index in [0.717, 1.165) is 34.4 Å². The van der Waals surface area contributed by atoms with Gasteiger partial charge < -0.3 is 0 Å². The van der Waals surface area contributed by atoms with Crippen molar-refractivity contribution in [3.8, 4) is 11.4 Å². The molecule has 0 aliphatic carbocycles. The fourth-order valence-corrected chi connectivity index (χ4v) is 3.52. The first kappa shape index (κ1) is 20.7. The number of carbonyl (C=O) groups is 1. The summed E-state index contributed by atoms with van der Waals surface area (Å²) < 4.78 is 68.5. The molecule has 0 N–H and O–H groups in total. The van der Waals surface area contributed by atoms with Crippen LogP contribution in [-0.2, 0) is 6.18 Å². The summed E-state index contributed by atoms with van der Waals surface area (Å²) in [7, 11) is 0. The van der Waals surface area contributed by atoms with E-state index in [-0.39, 0.29) is 22.5 Å². The van der Waals surface area contributed by atoms with Crippen molar-refractivity contribution in [2.45, 2.75) is 20.0 Å². The number of imidazole rings is 1. The smallest absolute Gasteiger partial charge is 0.268 e. The number of nitrogens with zero attached hydrogens (tertiary/aromatic N) is 2. The molecule has 0 saturated carbocycles. The van der Waals surface area contributed by atoms with Crippen molar-refractivity contribution in [2.75, 3.05) is 0 Å². The van der Waals surface area contributed by atoms with Crippen molar-refractivity contribution in [1.82, 2.24) is 9.55 Å². The Morgan fingerprint density at radius 2 is 1.68 bits per heavy atom. The number of alkyl halides is 3. The first-order valence-corrected chi connectivity index (χ1v) is 9.24. The number of hydrogen-bond acceptors (Lipinski definition) is 2. The lowest BCUT2D eigenvalue weighted by molar-refractivity contribution is -0.138. The van der Waals surface area contributed by atoms with Gasteiger partial charge in [0.25, 0.3) is 5.91 Å². The van der Waals surface area contributed by atoms with Crippen molar-refractivity contribution in [2.24, 2.45) is 0 Å². The second-order valence-corrected chi connectivity index (χ2v) is 7.17. The van der Waals surface area contributed by atoms with Crippen molar-refractivity contribution in [3.05, 3.63) is 88.5 Å². The maximum Gasteiger partial charge on any atom is 0.416 e. The van der Waals surface area contributed by atoms with Gasteiger partial charge in [-0.3, -0.25) is 9.36 Å². The van der Waals surface area contributed by atoms with Crippen LogP contribution in [0.2, 0.25) is 0 Å². The minimum absolute atomic E-state index is 0.0149. The molecule has 0 fully saturated rings. The third-order valence-electron chi connectivity index (χ3n) is 5.06. The summed E-state index contributed by atoms with van der Waals surface area (Å²) in [6.45, 7) is 3.11. The number of fused-ring (bicyclic) bond motifs is 1. The molecule has 0 aliphatic rings. The second kappa shape index (κ2) is 7.30. The molecule has 0 bridgehead atoms. The van der Waals surface area contributed by atoms with E-state index in [1.54, 1.807) is 18.2 Å². The molecule has 158 valence electrons. The van der Waals surface area contributed by atoms with E-state index in [0.29, 0.717) is 11.0 Å². The van der Waals surface area contributed by atoms with Gasteiger partial charge in [-0.1, -0.05) is 18.2 Å². The average Bonchev–Trinajstić information content (AvgIpc) is 3.06. The van der Waals surface area contributed by atoms with Gasteiger partial charge in [-0.05, 0) is 61.4 Å². The van der Waals surface area contributed by atoms with Crippen molar-refractivity contribution >= 4 is 16.9 Å². The highest BCUT2D eigenvalue weighted by Gasteiger charge is 2.34. The first-order chi connectivity index (χ1) is 14.6. The third-order valence-corrected chi connectivity index (χ3v) is 5.06. The molecule has 0 aliphatic heterocycles. The van der Waals surface area contributed by atoms with Crippen LogP contribution in [0, 0.1) is 25.5 Å². The normalized spacial score (nSPS) is 11.8. The second-order valence-electron chi connectivity index (χ2n) is 7.17. The predicted octanol–water partition coefficient (Wildman–Crippen LogP) is 6.31. The molecule has 0 spiro atoms. The fourth-order valence-electron chi connectivity index (χ4n) is 3.52. The average molecular weight is 430 g/mol. The lowest BCUT2D eigenvalue weighted by Gasteiger charge is -2.15. The highest BCUT2D eigenvalue weighted by atomic mass is 19.4. The molecule has 4 aromatic rings. The minimum Gasteiger partial charge on any atom is -0.268 e. The van der Waals surface area contributed by atoms with E-state index in [9.17, 15) is 26.7 Å². The van der Waals surface area contributed by atoms with Crippen LogP contribution in [0.5, 0.6) is 0 Å². The van der Waals surface area contributed by atoms with E-state index in [2.05, 4.69) is 4.98 Å². The van der Waals surface area contributed by atoms with Crippen LogP contribution in [0.4, 0.5) is 22.0 Å². The zero-order valence-corrected chi connectivity index (χ0v) is 16.4. The number of aryl methyl sites for hydroxylation is 1. The van der Waals surface area contributed by atoms with Gasteiger partial charge >= 0.3 is 6.18 Å². The summed E-state index contributed by atoms with van der Waals surface area (Å²) in [6, 6.07) is 11.3. The van der Waals surface area contributed by atoms with Gasteiger partial charge in [0.15, 0.2) is 11.6 Å². The molecule has 0 saturated heterocycles. The Kier molecular flexibility index (Phi) is 4.88. The highest BCUT2D eigenvalue weighted by Crippen LogP contribution is 2.37. The largest absolute Gasteiger partial charge is 0.416 e. The Balaban J connectivity index is 2.01. The molecule has 31 heavy (non-hydrogen) atoms. The number of carbonyl (C=O) groups excluding carboxylic acids is 1. The van der Waals surface area contributed by atoms with Crippen molar-refractivity contribution in [3.63, 3.8) is 0 Å². The Hall–Kier alpha value is -3.55. The molecule has 3 aromatic carbocycles. The first-order valence-electron chi connectivity index (χ1n) is 9.24. The molecule has 0 unspecified atom stereocenters. The standard InChI is InChI=1S/C23H15F5N2O/c1-12-6-9-20-19(10-12)29-21(15-4-3-5-16(13(15)2)23(26,27)28)30(20)22(31)14-7-8-17(24)18(25)11-14/h3-11H,1-2H3. The summed E-state index contributed by atoms with van der Waals surface area (Å²) in [5.74, 6) is -3.07. The number of benzene rings is 3. The van der Waals surface area contributed by atoms with Crippen LogP contribution in [-0.4, -0.2) is 15.5 Å². The van der Waals surface area contributed by atoms with Crippen LogP contribution >= 0.6 is 0 Å². The number of hydrogen-bond donors (Lipinski definition) is 0. The van der Waals surface area contributed by atoms with Gasteiger partial charge in [0.1, 0.15) is 5.82 Å². The summed E-state index contributed by atoms with van der Waals surface area (Å²) in [6.07, 6.45) is -4.59. The predicted molar refractivity (Wildman–Crippen MR) is 106 cm³/mol. The van der Waals surface area contributed by atoms with E-state index < -0.39 is 29.3 Å². The summed E-state index contributed by atoms with van der Waals surface area (Å²) in [5, 5.41) is 0.